The second kappa shape index (κ2) is 6.14. The van der Waals surface area contributed by atoms with Crippen LogP contribution in [0.15, 0.2) is 45.2 Å². The molecule has 3 rings (SSSR count). The van der Waals surface area contributed by atoms with Gasteiger partial charge in [0.2, 0.25) is 0 Å². The second-order valence-corrected chi connectivity index (χ2v) is 5.05. The summed E-state index contributed by atoms with van der Waals surface area (Å²) in [7, 11) is 0. The van der Waals surface area contributed by atoms with Crippen LogP contribution in [0.1, 0.15) is 37.3 Å². The molecule has 1 aromatic carbocycles. The van der Waals surface area contributed by atoms with E-state index in [1.54, 1.807) is 0 Å². The molecule has 0 aliphatic heterocycles. The molecular formula is C17H20N2O2. The van der Waals surface area contributed by atoms with Crippen LogP contribution in [0, 0.1) is 0 Å². The van der Waals surface area contributed by atoms with Gasteiger partial charge in [0, 0.05) is 12.8 Å². The van der Waals surface area contributed by atoms with Crippen molar-refractivity contribution in [1.29, 1.82) is 0 Å². The Morgan fingerprint density at radius 3 is 2.67 bits per heavy atom. The van der Waals surface area contributed by atoms with Crippen molar-refractivity contribution in [3.63, 3.8) is 0 Å². The second-order valence-electron chi connectivity index (χ2n) is 5.05. The molecule has 110 valence electrons. The van der Waals surface area contributed by atoms with Crippen molar-refractivity contribution in [3.05, 3.63) is 53.8 Å². The summed E-state index contributed by atoms with van der Waals surface area (Å²) in [6.45, 7) is 5.04. The number of likely N-dealkylation sites (N-methyl/N-ethyl adjacent to an activating group) is 1. The first-order valence-electron chi connectivity index (χ1n) is 7.46. The average molecular weight is 284 g/mol. The van der Waals surface area contributed by atoms with Crippen molar-refractivity contribution in [2.45, 2.75) is 32.7 Å². The summed E-state index contributed by atoms with van der Waals surface area (Å²) in [6, 6.07) is 12.0. The molecule has 3 aromatic rings. The number of hydrogen-bond acceptors (Lipinski definition) is 4. The molecule has 0 aliphatic rings. The normalized spacial score (nSPS) is 12.9. The van der Waals surface area contributed by atoms with E-state index in [1.807, 2.05) is 36.4 Å². The number of aryl methyl sites for hydroxylation is 1. The Balaban J connectivity index is 1.83. The van der Waals surface area contributed by atoms with Gasteiger partial charge in [-0.3, -0.25) is 0 Å². The predicted octanol–water partition coefficient (Wildman–Crippen LogP) is 3.88. The fourth-order valence-electron chi connectivity index (χ4n) is 2.47. The zero-order valence-corrected chi connectivity index (χ0v) is 12.4. The van der Waals surface area contributed by atoms with E-state index >= 15 is 0 Å². The number of para-hydroxylation sites is 2. The zero-order chi connectivity index (χ0) is 14.7. The molecule has 0 fully saturated rings. The van der Waals surface area contributed by atoms with Gasteiger partial charge in [0.25, 0.3) is 0 Å². The SMILES string of the molecule is CCNC(Cc1nc2ccccc2o1)c1ccc(CC)o1. The molecule has 2 aromatic heterocycles. The van der Waals surface area contributed by atoms with E-state index in [0.29, 0.717) is 6.42 Å². The van der Waals surface area contributed by atoms with Crippen molar-refractivity contribution in [2.24, 2.45) is 0 Å². The lowest BCUT2D eigenvalue weighted by Gasteiger charge is -2.13. The highest BCUT2D eigenvalue weighted by molar-refractivity contribution is 5.72. The van der Waals surface area contributed by atoms with Gasteiger partial charge >= 0.3 is 0 Å². The smallest absolute Gasteiger partial charge is 0.197 e. The van der Waals surface area contributed by atoms with Crippen LogP contribution in [0.5, 0.6) is 0 Å². The van der Waals surface area contributed by atoms with E-state index < -0.39 is 0 Å². The summed E-state index contributed by atoms with van der Waals surface area (Å²) in [4.78, 5) is 4.54. The minimum Gasteiger partial charge on any atom is -0.464 e. The van der Waals surface area contributed by atoms with Crippen LogP contribution in [-0.4, -0.2) is 11.5 Å². The number of hydrogen-bond donors (Lipinski definition) is 1. The molecule has 1 unspecified atom stereocenters. The van der Waals surface area contributed by atoms with E-state index in [-0.39, 0.29) is 6.04 Å². The number of nitrogens with zero attached hydrogens (tertiary/aromatic N) is 1. The number of rotatable bonds is 6. The number of nitrogens with one attached hydrogen (secondary N) is 1. The van der Waals surface area contributed by atoms with E-state index in [1.165, 1.54) is 0 Å². The molecule has 0 saturated heterocycles. The summed E-state index contributed by atoms with van der Waals surface area (Å²) in [5.41, 5.74) is 1.73. The van der Waals surface area contributed by atoms with Gasteiger partial charge in [0.05, 0.1) is 6.04 Å². The number of aromatic nitrogens is 1. The highest BCUT2D eigenvalue weighted by Crippen LogP contribution is 2.23. The molecule has 0 saturated carbocycles. The third-order valence-electron chi connectivity index (χ3n) is 3.54. The third kappa shape index (κ3) is 3.00. The first-order chi connectivity index (χ1) is 10.3. The number of fused-ring (bicyclic) bond motifs is 1. The highest BCUT2D eigenvalue weighted by atomic mass is 16.4. The van der Waals surface area contributed by atoms with Gasteiger partial charge < -0.3 is 14.2 Å². The minimum atomic E-state index is 0.0864. The fraction of sp³-hybridized carbons (Fsp3) is 0.353. The Kier molecular flexibility index (Phi) is 4.06. The molecule has 21 heavy (non-hydrogen) atoms. The van der Waals surface area contributed by atoms with Crippen LogP contribution in [0.4, 0.5) is 0 Å². The van der Waals surface area contributed by atoms with Gasteiger partial charge in [-0.2, -0.15) is 0 Å². The summed E-state index contributed by atoms with van der Waals surface area (Å²) < 4.78 is 11.7. The molecule has 1 N–H and O–H groups in total. The standard InChI is InChI=1S/C17H20N2O2/c1-3-12-9-10-16(20-12)14(18-4-2)11-17-19-13-7-5-6-8-15(13)21-17/h5-10,14,18H,3-4,11H2,1-2H3. The van der Waals surface area contributed by atoms with Gasteiger partial charge in [-0.25, -0.2) is 4.98 Å². The summed E-state index contributed by atoms with van der Waals surface area (Å²) in [5.74, 6) is 2.68. The molecule has 1 atom stereocenters. The van der Waals surface area contributed by atoms with Crippen LogP contribution in [0.3, 0.4) is 0 Å². The number of furan rings is 1. The quantitative estimate of drug-likeness (QED) is 0.746. The maximum absolute atomic E-state index is 5.86. The van der Waals surface area contributed by atoms with Crippen LogP contribution in [-0.2, 0) is 12.8 Å². The van der Waals surface area contributed by atoms with Crippen LogP contribution in [0.25, 0.3) is 11.1 Å². The van der Waals surface area contributed by atoms with Crippen molar-refractivity contribution >= 4 is 11.1 Å². The van der Waals surface area contributed by atoms with Crippen molar-refractivity contribution in [3.8, 4) is 0 Å². The van der Waals surface area contributed by atoms with Crippen LogP contribution in [0.2, 0.25) is 0 Å². The van der Waals surface area contributed by atoms with Gasteiger partial charge in [-0.1, -0.05) is 26.0 Å². The first kappa shape index (κ1) is 13.9. The number of oxazole rings is 1. The van der Waals surface area contributed by atoms with Gasteiger partial charge in [0.1, 0.15) is 17.0 Å². The molecule has 0 bridgehead atoms. The Morgan fingerprint density at radius 2 is 1.95 bits per heavy atom. The minimum absolute atomic E-state index is 0.0864. The lowest BCUT2D eigenvalue weighted by molar-refractivity contribution is 0.376. The van der Waals surface area contributed by atoms with Gasteiger partial charge in [0.15, 0.2) is 11.5 Å². The largest absolute Gasteiger partial charge is 0.464 e. The first-order valence-corrected chi connectivity index (χ1v) is 7.46. The van der Waals surface area contributed by atoms with Crippen LogP contribution >= 0.6 is 0 Å². The highest BCUT2D eigenvalue weighted by Gasteiger charge is 2.18. The topological polar surface area (TPSA) is 51.2 Å². The van der Waals surface area contributed by atoms with Gasteiger partial charge in [-0.15, -0.1) is 0 Å². The molecule has 4 nitrogen and oxygen atoms in total. The van der Waals surface area contributed by atoms with Crippen molar-refractivity contribution < 1.29 is 8.83 Å². The molecular weight excluding hydrogens is 264 g/mol. The maximum atomic E-state index is 5.86. The van der Waals surface area contributed by atoms with Gasteiger partial charge in [-0.05, 0) is 30.8 Å². The van der Waals surface area contributed by atoms with E-state index in [4.69, 9.17) is 8.83 Å². The maximum Gasteiger partial charge on any atom is 0.197 e. The molecule has 0 spiro atoms. The Bertz CT molecular complexity index is 681. The van der Waals surface area contributed by atoms with E-state index in [2.05, 4.69) is 24.1 Å². The average Bonchev–Trinajstić information content (AvgIpc) is 3.12. The lowest BCUT2D eigenvalue weighted by atomic mass is 10.1. The van der Waals surface area contributed by atoms with Crippen molar-refractivity contribution in [2.75, 3.05) is 6.54 Å². The number of benzene rings is 1. The van der Waals surface area contributed by atoms with Crippen LogP contribution < -0.4 is 5.32 Å². The Labute approximate surface area is 124 Å². The monoisotopic (exact) mass is 284 g/mol. The van der Waals surface area contributed by atoms with E-state index in [0.717, 1.165) is 41.5 Å². The predicted molar refractivity (Wildman–Crippen MR) is 82.2 cm³/mol. The van der Waals surface area contributed by atoms with E-state index in [9.17, 15) is 0 Å². The Morgan fingerprint density at radius 1 is 1.10 bits per heavy atom. The molecule has 2 heterocycles. The Hall–Kier alpha value is -2.07. The van der Waals surface area contributed by atoms with Crippen molar-refractivity contribution in [1.82, 2.24) is 10.3 Å². The third-order valence-corrected chi connectivity index (χ3v) is 3.54. The summed E-state index contributed by atoms with van der Waals surface area (Å²) in [5, 5.41) is 3.44. The molecule has 0 aliphatic carbocycles. The fourth-order valence-corrected chi connectivity index (χ4v) is 2.47. The molecule has 0 amide bonds. The summed E-state index contributed by atoms with van der Waals surface area (Å²) >= 11 is 0. The summed E-state index contributed by atoms with van der Waals surface area (Å²) in [6.07, 6.45) is 1.58. The zero-order valence-electron chi connectivity index (χ0n) is 12.4. The lowest BCUT2D eigenvalue weighted by Crippen LogP contribution is -2.22. The molecule has 4 heteroatoms. The molecule has 0 radical (unpaired) electrons.